The van der Waals surface area contributed by atoms with E-state index in [4.69, 9.17) is 5.73 Å². The molecule has 0 bridgehead atoms. The van der Waals surface area contributed by atoms with E-state index < -0.39 is 0 Å². The van der Waals surface area contributed by atoms with Crippen molar-refractivity contribution in [1.82, 2.24) is 9.55 Å². The lowest BCUT2D eigenvalue weighted by atomic mass is 10.1. The Morgan fingerprint density at radius 3 is 2.76 bits per heavy atom. The first-order chi connectivity index (χ1) is 10.2. The molecule has 0 radical (unpaired) electrons. The summed E-state index contributed by atoms with van der Waals surface area (Å²) < 4.78 is 15.6. The lowest BCUT2D eigenvalue weighted by molar-refractivity contribution is 0.597. The number of hydrogen-bond donors (Lipinski definition) is 1. The highest BCUT2D eigenvalue weighted by molar-refractivity contribution is 5.74. The number of rotatable bonds is 3. The van der Waals surface area contributed by atoms with Crippen molar-refractivity contribution in [2.24, 2.45) is 5.73 Å². The highest BCUT2D eigenvalue weighted by atomic mass is 19.1. The van der Waals surface area contributed by atoms with E-state index >= 15 is 0 Å². The molecule has 0 unspecified atom stereocenters. The molecule has 3 rings (SSSR count). The van der Waals surface area contributed by atoms with Crippen LogP contribution in [0.15, 0.2) is 53.5 Å². The molecule has 0 aliphatic rings. The monoisotopic (exact) mass is 283 g/mol. The minimum Gasteiger partial charge on any atom is -0.326 e. The first kappa shape index (κ1) is 13.5. The smallest absolute Gasteiger partial charge is 0.269 e. The summed E-state index contributed by atoms with van der Waals surface area (Å²) in [4.78, 5) is 16.1. The maximum Gasteiger partial charge on any atom is 0.269 e. The zero-order valence-corrected chi connectivity index (χ0v) is 11.3. The summed E-state index contributed by atoms with van der Waals surface area (Å²) in [5, 5.41) is 0. The quantitative estimate of drug-likeness (QED) is 0.800. The van der Waals surface area contributed by atoms with Gasteiger partial charge in [-0.15, -0.1) is 0 Å². The largest absolute Gasteiger partial charge is 0.326 e. The van der Waals surface area contributed by atoms with E-state index in [1.165, 1.54) is 16.8 Å². The molecule has 0 atom stereocenters. The van der Waals surface area contributed by atoms with Crippen molar-refractivity contribution in [3.8, 4) is 0 Å². The van der Waals surface area contributed by atoms with Crippen molar-refractivity contribution in [2.75, 3.05) is 0 Å². The fourth-order valence-electron chi connectivity index (χ4n) is 2.29. The van der Waals surface area contributed by atoms with Crippen LogP contribution in [0.2, 0.25) is 0 Å². The summed E-state index contributed by atoms with van der Waals surface area (Å²) in [6, 6.07) is 12.1. The van der Waals surface area contributed by atoms with E-state index in [1.54, 1.807) is 18.2 Å². The predicted octanol–water partition coefficient (Wildman–Crippen LogP) is 2.04. The number of para-hydroxylation sites is 2. The van der Waals surface area contributed by atoms with Crippen molar-refractivity contribution >= 4 is 11.0 Å². The number of hydrogen-bond acceptors (Lipinski definition) is 3. The molecular formula is C16H14FN3O. The second kappa shape index (κ2) is 5.46. The van der Waals surface area contributed by atoms with Crippen LogP contribution in [-0.4, -0.2) is 9.55 Å². The molecule has 0 amide bonds. The van der Waals surface area contributed by atoms with E-state index in [0.717, 1.165) is 5.56 Å². The molecule has 0 spiro atoms. The zero-order chi connectivity index (χ0) is 14.8. The van der Waals surface area contributed by atoms with Crippen LogP contribution < -0.4 is 11.3 Å². The van der Waals surface area contributed by atoms with E-state index in [1.807, 2.05) is 18.2 Å². The van der Waals surface area contributed by atoms with Gasteiger partial charge >= 0.3 is 0 Å². The molecule has 1 aromatic heterocycles. The van der Waals surface area contributed by atoms with Crippen molar-refractivity contribution in [3.63, 3.8) is 0 Å². The summed E-state index contributed by atoms with van der Waals surface area (Å²) in [5.41, 5.74) is 7.80. The molecule has 0 aliphatic carbocycles. The minimum atomic E-state index is -0.356. The van der Waals surface area contributed by atoms with E-state index in [0.29, 0.717) is 16.6 Å². The van der Waals surface area contributed by atoms with E-state index in [9.17, 15) is 9.18 Å². The Labute approximate surface area is 120 Å². The Morgan fingerprint density at radius 1 is 1.19 bits per heavy atom. The molecular weight excluding hydrogens is 269 g/mol. The fraction of sp³-hybridized carbons (Fsp3) is 0.125. The molecule has 0 fully saturated rings. The van der Waals surface area contributed by atoms with Gasteiger partial charge in [0.15, 0.2) is 0 Å². The van der Waals surface area contributed by atoms with Crippen molar-refractivity contribution in [3.05, 3.63) is 76.0 Å². The lowest BCUT2D eigenvalue weighted by Gasteiger charge is -2.10. The Morgan fingerprint density at radius 2 is 2.00 bits per heavy atom. The first-order valence-corrected chi connectivity index (χ1v) is 6.61. The maximum absolute atomic E-state index is 14.1. The summed E-state index contributed by atoms with van der Waals surface area (Å²) in [6.07, 6.45) is 1.26. The Bertz CT molecular complexity index is 858. The minimum absolute atomic E-state index is 0.165. The summed E-state index contributed by atoms with van der Waals surface area (Å²) in [7, 11) is 0. The third-order valence-corrected chi connectivity index (χ3v) is 3.43. The third kappa shape index (κ3) is 2.55. The van der Waals surface area contributed by atoms with E-state index in [-0.39, 0.29) is 24.5 Å². The number of fused-ring (bicyclic) bond motifs is 1. The van der Waals surface area contributed by atoms with Gasteiger partial charge in [-0.25, -0.2) is 9.37 Å². The predicted molar refractivity (Wildman–Crippen MR) is 79.4 cm³/mol. The molecule has 3 aromatic rings. The first-order valence-electron chi connectivity index (χ1n) is 6.61. The molecule has 0 aliphatic heterocycles. The molecule has 106 valence electrons. The second-order valence-corrected chi connectivity index (χ2v) is 4.80. The number of nitrogens with two attached hydrogens (primary N) is 1. The maximum atomic E-state index is 14.1. The van der Waals surface area contributed by atoms with Crippen LogP contribution in [0.25, 0.3) is 11.0 Å². The van der Waals surface area contributed by atoms with Gasteiger partial charge in [0.1, 0.15) is 5.82 Å². The molecule has 21 heavy (non-hydrogen) atoms. The molecule has 2 N–H and O–H groups in total. The van der Waals surface area contributed by atoms with Gasteiger partial charge in [0.05, 0.1) is 23.8 Å². The summed E-state index contributed by atoms with van der Waals surface area (Å²) in [6.45, 7) is 0.452. The summed E-state index contributed by atoms with van der Waals surface area (Å²) >= 11 is 0. The number of nitrogens with zero attached hydrogens (tertiary/aromatic N) is 2. The SMILES string of the molecule is NCc1ccc(Cn2c(=O)cnc3ccccc32)c(F)c1. The van der Waals surface area contributed by atoms with Gasteiger partial charge in [-0.3, -0.25) is 4.79 Å². The molecule has 5 heteroatoms. The van der Waals surface area contributed by atoms with Gasteiger partial charge in [-0.05, 0) is 23.8 Å². The van der Waals surface area contributed by atoms with Crippen molar-refractivity contribution in [2.45, 2.75) is 13.1 Å². The van der Waals surface area contributed by atoms with Crippen LogP contribution in [-0.2, 0) is 13.1 Å². The molecule has 4 nitrogen and oxygen atoms in total. The topological polar surface area (TPSA) is 60.9 Å². The van der Waals surface area contributed by atoms with Gasteiger partial charge in [0.2, 0.25) is 0 Å². The standard InChI is InChI=1S/C16H14FN3O/c17-13-7-11(8-18)5-6-12(13)10-20-15-4-2-1-3-14(15)19-9-16(20)21/h1-7,9H,8,10,18H2. The van der Waals surface area contributed by atoms with E-state index in [2.05, 4.69) is 4.98 Å². The zero-order valence-electron chi connectivity index (χ0n) is 11.3. The molecule has 0 saturated heterocycles. The van der Waals surface area contributed by atoms with Gasteiger partial charge in [-0.1, -0.05) is 24.3 Å². The van der Waals surface area contributed by atoms with Crippen LogP contribution in [0.3, 0.4) is 0 Å². The third-order valence-electron chi connectivity index (χ3n) is 3.43. The Hall–Kier alpha value is -2.53. The summed E-state index contributed by atoms with van der Waals surface area (Å²) in [5.74, 6) is -0.356. The van der Waals surface area contributed by atoms with Gasteiger partial charge in [0.25, 0.3) is 5.56 Å². The van der Waals surface area contributed by atoms with Crippen molar-refractivity contribution < 1.29 is 4.39 Å². The van der Waals surface area contributed by atoms with Crippen LogP contribution in [0.4, 0.5) is 4.39 Å². The van der Waals surface area contributed by atoms with Crippen molar-refractivity contribution in [1.29, 1.82) is 0 Å². The lowest BCUT2D eigenvalue weighted by Crippen LogP contribution is -2.21. The van der Waals surface area contributed by atoms with Gasteiger partial charge < -0.3 is 10.3 Å². The average molecular weight is 283 g/mol. The fourth-order valence-corrected chi connectivity index (χ4v) is 2.29. The molecule has 0 saturated carbocycles. The normalized spacial score (nSPS) is 11.0. The molecule has 1 heterocycles. The average Bonchev–Trinajstić information content (AvgIpc) is 2.51. The number of aromatic nitrogens is 2. The van der Waals surface area contributed by atoms with Crippen LogP contribution >= 0.6 is 0 Å². The van der Waals surface area contributed by atoms with Crippen LogP contribution in [0.1, 0.15) is 11.1 Å². The van der Waals surface area contributed by atoms with Crippen LogP contribution in [0.5, 0.6) is 0 Å². The number of halogens is 1. The van der Waals surface area contributed by atoms with Gasteiger partial charge in [-0.2, -0.15) is 0 Å². The highest BCUT2D eigenvalue weighted by Gasteiger charge is 2.08. The second-order valence-electron chi connectivity index (χ2n) is 4.80. The molecule has 2 aromatic carbocycles. The Kier molecular flexibility index (Phi) is 3.50. The number of benzene rings is 2. The van der Waals surface area contributed by atoms with Crippen LogP contribution in [0, 0.1) is 5.82 Å². The van der Waals surface area contributed by atoms with Gasteiger partial charge in [0, 0.05) is 12.1 Å². The highest BCUT2D eigenvalue weighted by Crippen LogP contribution is 2.14. The Balaban J connectivity index is 2.10.